The van der Waals surface area contributed by atoms with E-state index in [1.54, 1.807) is 0 Å². The predicted molar refractivity (Wildman–Crippen MR) is 62.3 cm³/mol. The van der Waals surface area contributed by atoms with Crippen molar-refractivity contribution in [2.24, 2.45) is 0 Å². The summed E-state index contributed by atoms with van der Waals surface area (Å²) in [6.07, 6.45) is 5.11. The van der Waals surface area contributed by atoms with Gasteiger partial charge in [-0.1, -0.05) is 5.92 Å². The van der Waals surface area contributed by atoms with Gasteiger partial charge < -0.3 is 4.42 Å². The first-order chi connectivity index (χ1) is 7.93. The number of fused-ring (bicyclic) bond motifs is 1. The molecule has 0 bridgehead atoms. The van der Waals surface area contributed by atoms with Crippen molar-refractivity contribution < 1.29 is 12.8 Å². The number of oxazole rings is 1. The zero-order valence-electron chi connectivity index (χ0n) is 8.38. The highest BCUT2D eigenvalue weighted by Crippen LogP contribution is 2.21. The minimum Gasteiger partial charge on any atom is -0.408 e. The zero-order chi connectivity index (χ0) is 12.6. The van der Waals surface area contributed by atoms with Crippen molar-refractivity contribution in [2.75, 3.05) is 0 Å². The van der Waals surface area contributed by atoms with Gasteiger partial charge in [0.1, 0.15) is 0 Å². The summed E-state index contributed by atoms with van der Waals surface area (Å²) in [4.78, 5) is 11.3. The van der Waals surface area contributed by atoms with Gasteiger partial charge in [-0.15, -0.1) is 6.42 Å². The van der Waals surface area contributed by atoms with Crippen molar-refractivity contribution in [1.82, 2.24) is 4.57 Å². The monoisotopic (exact) mass is 271 g/mol. The molecule has 0 fully saturated rings. The van der Waals surface area contributed by atoms with Crippen LogP contribution in [0.15, 0.2) is 32.3 Å². The van der Waals surface area contributed by atoms with Gasteiger partial charge in [-0.05, 0) is 12.1 Å². The number of hydrogen-bond acceptors (Lipinski definition) is 4. The lowest BCUT2D eigenvalue weighted by Gasteiger charge is -1.97. The minimum absolute atomic E-state index is 0.0544. The summed E-state index contributed by atoms with van der Waals surface area (Å²) in [5.74, 6) is 1.67. The van der Waals surface area contributed by atoms with E-state index < -0.39 is 14.8 Å². The molecule has 5 nitrogen and oxygen atoms in total. The topological polar surface area (TPSA) is 69.3 Å². The fourth-order valence-electron chi connectivity index (χ4n) is 1.44. The summed E-state index contributed by atoms with van der Waals surface area (Å²) in [5, 5.41) is 0. The van der Waals surface area contributed by atoms with E-state index in [9.17, 15) is 13.2 Å². The Kier molecular flexibility index (Phi) is 2.73. The molecule has 0 unspecified atom stereocenters. The first-order valence-electron chi connectivity index (χ1n) is 4.45. The van der Waals surface area contributed by atoms with Crippen LogP contribution in [0, 0.1) is 12.3 Å². The molecule has 0 saturated carbocycles. The fourth-order valence-corrected chi connectivity index (χ4v) is 2.21. The summed E-state index contributed by atoms with van der Waals surface area (Å²) >= 11 is 0. The lowest BCUT2D eigenvalue weighted by molar-refractivity contribution is 0.521. The summed E-state index contributed by atoms with van der Waals surface area (Å²) in [7, 11) is 1.33. The Morgan fingerprint density at radius 1 is 1.47 bits per heavy atom. The van der Waals surface area contributed by atoms with Crippen molar-refractivity contribution in [3.8, 4) is 12.3 Å². The molecule has 17 heavy (non-hydrogen) atoms. The second kappa shape index (κ2) is 3.95. The van der Waals surface area contributed by atoms with Crippen molar-refractivity contribution in [2.45, 2.75) is 11.4 Å². The van der Waals surface area contributed by atoms with Crippen LogP contribution in [0.4, 0.5) is 0 Å². The van der Waals surface area contributed by atoms with Crippen molar-refractivity contribution >= 4 is 30.8 Å². The molecular weight excluding hydrogens is 266 g/mol. The summed E-state index contributed by atoms with van der Waals surface area (Å²) in [5.41, 5.74) is 0.559. The van der Waals surface area contributed by atoms with E-state index in [-0.39, 0.29) is 17.0 Å². The van der Waals surface area contributed by atoms with Crippen molar-refractivity contribution in [1.29, 1.82) is 0 Å². The van der Waals surface area contributed by atoms with E-state index in [2.05, 4.69) is 5.92 Å². The Labute approximate surface area is 101 Å². The van der Waals surface area contributed by atoms with Crippen molar-refractivity contribution in [3.63, 3.8) is 0 Å². The standard InChI is InChI=1S/C10H6ClNO4S/c1-2-5-12-8-4-3-7(17(11,14)15)6-9(8)16-10(12)13/h1,3-4,6H,5H2. The largest absolute Gasteiger partial charge is 0.420 e. The lowest BCUT2D eigenvalue weighted by Crippen LogP contribution is -2.12. The summed E-state index contributed by atoms with van der Waals surface area (Å²) < 4.78 is 28.3. The molecule has 0 aliphatic rings. The van der Waals surface area contributed by atoms with Gasteiger partial charge in [-0.2, -0.15) is 0 Å². The molecule has 0 amide bonds. The quantitative estimate of drug-likeness (QED) is 0.607. The minimum atomic E-state index is -3.85. The molecule has 0 aliphatic heterocycles. The Morgan fingerprint density at radius 2 is 2.18 bits per heavy atom. The number of hydrogen-bond donors (Lipinski definition) is 0. The molecule has 0 N–H and O–H groups in total. The zero-order valence-corrected chi connectivity index (χ0v) is 9.96. The molecule has 1 aromatic carbocycles. The van der Waals surface area contributed by atoms with Crippen LogP contribution < -0.4 is 5.76 Å². The number of benzene rings is 1. The van der Waals surface area contributed by atoms with Crippen LogP contribution in [0.25, 0.3) is 11.1 Å². The van der Waals surface area contributed by atoms with E-state index in [0.29, 0.717) is 5.52 Å². The number of nitrogens with zero attached hydrogens (tertiary/aromatic N) is 1. The first-order valence-corrected chi connectivity index (χ1v) is 6.76. The molecule has 2 aromatic rings. The second-order valence-electron chi connectivity index (χ2n) is 3.23. The second-order valence-corrected chi connectivity index (χ2v) is 5.79. The average Bonchev–Trinajstić information content (AvgIpc) is 2.54. The summed E-state index contributed by atoms with van der Waals surface area (Å²) in [6, 6.07) is 3.89. The van der Waals surface area contributed by atoms with Crippen LogP contribution in [0.5, 0.6) is 0 Å². The maximum Gasteiger partial charge on any atom is 0.420 e. The lowest BCUT2D eigenvalue weighted by atomic mass is 10.3. The smallest absolute Gasteiger partial charge is 0.408 e. The molecule has 7 heteroatoms. The Balaban J connectivity index is 2.75. The molecule has 88 valence electrons. The molecule has 0 radical (unpaired) electrons. The third-order valence-electron chi connectivity index (χ3n) is 2.17. The van der Waals surface area contributed by atoms with Crippen LogP contribution in [0.3, 0.4) is 0 Å². The maximum absolute atomic E-state index is 11.4. The molecule has 0 aliphatic carbocycles. The first kappa shape index (κ1) is 11.8. The highest BCUT2D eigenvalue weighted by atomic mass is 35.7. The molecule has 0 atom stereocenters. The van der Waals surface area contributed by atoms with Crippen LogP contribution in [0.1, 0.15) is 0 Å². The third kappa shape index (κ3) is 2.07. The van der Waals surface area contributed by atoms with Gasteiger partial charge in [0.15, 0.2) is 5.58 Å². The van der Waals surface area contributed by atoms with E-state index in [1.807, 2.05) is 0 Å². The van der Waals surface area contributed by atoms with Gasteiger partial charge in [0.25, 0.3) is 9.05 Å². The number of terminal acetylenes is 1. The van der Waals surface area contributed by atoms with E-state index in [4.69, 9.17) is 21.5 Å². The third-order valence-corrected chi connectivity index (χ3v) is 3.52. The van der Waals surface area contributed by atoms with E-state index >= 15 is 0 Å². The van der Waals surface area contributed by atoms with Gasteiger partial charge in [0.05, 0.1) is 17.0 Å². The van der Waals surface area contributed by atoms with Gasteiger partial charge >= 0.3 is 5.76 Å². The fraction of sp³-hybridized carbons (Fsp3) is 0.100. The SMILES string of the molecule is C#CCn1c(=O)oc2cc(S(=O)(=O)Cl)ccc21. The predicted octanol–water partition coefficient (Wildman–Crippen LogP) is 1.16. The molecule has 0 saturated heterocycles. The average molecular weight is 272 g/mol. The van der Waals surface area contributed by atoms with E-state index in [0.717, 1.165) is 0 Å². The highest BCUT2D eigenvalue weighted by Gasteiger charge is 2.14. The Morgan fingerprint density at radius 3 is 2.76 bits per heavy atom. The number of halogens is 1. The molecule has 1 heterocycles. The van der Waals surface area contributed by atoms with Crippen LogP contribution >= 0.6 is 10.7 Å². The van der Waals surface area contributed by atoms with E-state index in [1.165, 1.54) is 22.8 Å². The Hall–Kier alpha value is -1.71. The van der Waals surface area contributed by atoms with Gasteiger partial charge in [-0.25, -0.2) is 13.2 Å². The van der Waals surface area contributed by atoms with Crippen LogP contribution in [0.2, 0.25) is 0 Å². The normalized spacial score (nSPS) is 11.5. The van der Waals surface area contributed by atoms with Crippen molar-refractivity contribution in [3.05, 3.63) is 28.7 Å². The molecule has 1 aromatic heterocycles. The van der Waals surface area contributed by atoms with Crippen LogP contribution in [-0.2, 0) is 15.6 Å². The molecule has 2 rings (SSSR count). The molecule has 0 spiro atoms. The Bertz CT molecular complexity index is 779. The highest BCUT2D eigenvalue weighted by molar-refractivity contribution is 8.13. The van der Waals surface area contributed by atoms with Gasteiger partial charge in [-0.3, -0.25) is 4.57 Å². The molecular formula is C10H6ClNO4S. The maximum atomic E-state index is 11.4. The number of rotatable bonds is 2. The van der Waals surface area contributed by atoms with Gasteiger partial charge in [0, 0.05) is 16.7 Å². The van der Waals surface area contributed by atoms with Gasteiger partial charge in [0.2, 0.25) is 0 Å². The van der Waals surface area contributed by atoms with Crippen LogP contribution in [-0.4, -0.2) is 13.0 Å². The summed E-state index contributed by atoms with van der Waals surface area (Å²) in [6.45, 7) is 0.0544. The number of aromatic nitrogens is 1.